The van der Waals surface area contributed by atoms with E-state index in [-0.39, 0.29) is 5.41 Å². The first-order valence-corrected chi connectivity index (χ1v) is 9.26. The molecular formula is C19H28N2S. The molecule has 2 heterocycles. The van der Waals surface area contributed by atoms with Gasteiger partial charge in [0, 0.05) is 17.5 Å². The van der Waals surface area contributed by atoms with E-state index < -0.39 is 0 Å². The summed E-state index contributed by atoms with van der Waals surface area (Å²) in [5.74, 6) is 0. The molecule has 1 unspecified atom stereocenters. The van der Waals surface area contributed by atoms with Gasteiger partial charge in [-0.1, -0.05) is 56.2 Å². The molecule has 0 aromatic heterocycles. The van der Waals surface area contributed by atoms with Crippen molar-refractivity contribution in [3.63, 3.8) is 0 Å². The van der Waals surface area contributed by atoms with Crippen LogP contribution in [0.25, 0.3) is 0 Å². The summed E-state index contributed by atoms with van der Waals surface area (Å²) in [6.07, 6.45) is 7.87. The number of fused-ring (bicyclic) bond motifs is 1. The van der Waals surface area contributed by atoms with Crippen molar-refractivity contribution in [3.8, 4) is 0 Å². The van der Waals surface area contributed by atoms with E-state index >= 15 is 0 Å². The maximum Gasteiger partial charge on any atom is 0.106 e. The minimum atomic E-state index is 0.255. The Kier molecular flexibility index (Phi) is 5.14. The van der Waals surface area contributed by atoms with Gasteiger partial charge in [0.25, 0.3) is 0 Å². The van der Waals surface area contributed by atoms with E-state index in [1.54, 1.807) is 0 Å². The summed E-state index contributed by atoms with van der Waals surface area (Å²) in [7, 11) is 0. The number of rotatable bonds is 5. The molecule has 0 radical (unpaired) electrons. The zero-order valence-electron chi connectivity index (χ0n) is 13.7. The van der Waals surface area contributed by atoms with Crippen LogP contribution >= 0.6 is 12.2 Å². The van der Waals surface area contributed by atoms with E-state index in [1.807, 2.05) is 0 Å². The average Bonchev–Trinajstić information content (AvgIpc) is 2.58. The third-order valence-electron chi connectivity index (χ3n) is 5.41. The molecule has 3 heteroatoms. The molecule has 1 atom stereocenters. The van der Waals surface area contributed by atoms with Crippen molar-refractivity contribution in [2.24, 2.45) is 0 Å². The van der Waals surface area contributed by atoms with Gasteiger partial charge in [0.15, 0.2) is 0 Å². The third kappa shape index (κ3) is 3.21. The largest absolute Gasteiger partial charge is 0.375 e. The van der Waals surface area contributed by atoms with Gasteiger partial charge in [0.2, 0.25) is 0 Å². The lowest BCUT2D eigenvalue weighted by Crippen LogP contribution is -2.48. The van der Waals surface area contributed by atoms with E-state index in [1.165, 1.54) is 69.3 Å². The van der Waals surface area contributed by atoms with E-state index in [9.17, 15) is 0 Å². The lowest BCUT2D eigenvalue weighted by molar-refractivity contribution is 0.197. The molecule has 2 nitrogen and oxygen atoms in total. The fourth-order valence-electron chi connectivity index (χ4n) is 4.19. The van der Waals surface area contributed by atoms with Gasteiger partial charge < -0.3 is 10.2 Å². The number of thiocarbonyl (C=S) groups is 1. The zero-order chi connectivity index (χ0) is 15.4. The summed E-state index contributed by atoms with van der Waals surface area (Å²) >= 11 is 5.54. The van der Waals surface area contributed by atoms with Crippen LogP contribution in [0.5, 0.6) is 0 Å². The first-order chi connectivity index (χ1) is 10.7. The first-order valence-electron chi connectivity index (χ1n) is 8.85. The van der Waals surface area contributed by atoms with Crippen LogP contribution in [0.15, 0.2) is 24.3 Å². The molecule has 3 rings (SSSR count). The second-order valence-corrected chi connectivity index (χ2v) is 7.32. The number of piperidine rings is 1. The van der Waals surface area contributed by atoms with Gasteiger partial charge in [-0.3, -0.25) is 0 Å². The Bertz CT molecular complexity index is 522. The maximum absolute atomic E-state index is 5.54. The van der Waals surface area contributed by atoms with Gasteiger partial charge in [-0.05, 0) is 50.9 Å². The van der Waals surface area contributed by atoms with Gasteiger partial charge in [0.1, 0.15) is 4.99 Å². The molecule has 2 aliphatic rings. The standard InChI is InChI=1S/C19H28N2S/c1-2-10-19(11-14-21-12-6-3-7-13-21)15-20-18(22)16-8-4-5-9-17(16)19/h4-5,8-9H,2-3,6-7,10-15H2,1H3,(H,20,22). The summed E-state index contributed by atoms with van der Waals surface area (Å²) in [6, 6.07) is 8.79. The monoisotopic (exact) mass is 316 g/mol. The molecule has 1 saturated heterocycles. The Hall–Kier alpha value is -0.930. The average molecular weight is 317 g/mol. The van der Waals surface area contributed by atoms with Crippen LogP contribution in [0.2, 0.25) is 0 Å². The fraction of sp³-hybridized carbons (Fsp3) is 0.632. The minimum Gasteiger partial charge on any atom is -0.375 e. The molecule has 2 aliphatic heterocycles. The van der Waals surface area contributed by atoms with E-state index in [0.29, 0.717) is 0 Å². The highest BCUT2D eigenvalue weighted by Gasteiger charge is 2.37. The molecule has 0 aliphatic carbocycles. The molecule has 120 valence electrons. The summed E-state index contributed by atoms with van der Waals surface area (Å²) in [4.78, 5) is 3.59. The van der Waals surface area contributed by atoms with Crippen molar-refractivity contribution in [2.75, 3.05) is 26.2 Å². The molecule has 0 amide bonds. The summed E-state index contributed by atoms with van der Waals surface area (Å²) in [5.41, 5.74) is 3.00. The molecule has 1 aromatic carbocycles. The second-order valence-electron chi connectivity index (χ2n) is 6.91. The minimum absolute atomic E-state index is 0.255. The highest BCUT2D eigenvalue weighted by molar-refractivity contribution is 7.80. The zero-order valence-corrected chi connectivity index (χ0v) is 14.6. The quantitative estimate of drug-likeness (QED) is 0.830. The van der Waals surface area contributed by atoms with Crippen molar-refractivity contribution in [1.29, 1.82) is 0 Å². The molecule has 22 heavy (non-hydrogen) atoms. The van der Waals surface area contributed by atoms with Crippen molar-refractivity contribution in [3.05, 3.63) is 35.4 Å². The molecular weight excluding hydrogens is 288 g/mol. The lowest BCUT2D eigenvalue weighted by Gasteiger charge is -2.42. The van der Waals surface area contributed by atoms with Crippen molar-refractivity contribution in [2.45, 2.75) is 50.9 Å². The number of nitrogens with zero attached hydrogens (tertiary/aromatic N) is 1. The van der Waals surface area contributed by atoms with Crippen LogP contribution in [0.1, 0.15) is 56.6 Å². The summed E-state index contributed by atoms with van der Waals surface area (Å²) < 4.78 is 0. The lowest BCUT2D eigenvalue weighted by atomic mass is 9.70. The van der Waals surface area contributed by atoms with E-state index in [4.69, 9.17) is 12.2 Å². The predicted octanol–water partition coefficient (Wildman–Crippen LogP) is 3.88. The summed E-state index contributed by atoms with van der Waals surface area (Å²) in [6.45, 7) is 7.11. The Morgan fingerprint density at radius 3 is 2.68 bits per heavy atom. The topological polar surface area (TPSA) is 15.3 Å². The molecule has 1 fully saturated rings. The smallest absolute Gasteiger partial charge is 0.106 e. The highest BCUT2D eigenvalue weighted by Crippen LogP contribution is 2.38. The van der Waals surface area contributed by atoms with Crippen LogP contribution in [-0.4, -0.2) is 36.1 Å². The van der Waals surface area contributed by atoms with Crippen LogP contribution in [-0.2, 0) is 5.41 Å². The van der Waals surface area contributed by atoms with E-state index in [2.05, 4.69) is 41.4 Å². The van der Waals surface area contributed by atoms with Crippen LogP contribution in [0.3, 0.4) is 0 Å². The molecule has 0 saturated carbocycles. The molecule has 0 spiro atoms. The Morgan fingerprint density at radius 1 is 1.14 bits per heavy atom. The van der Waals surface area contributed by atoms with Crippen LogP contribution < -0.4 is 5.32 Å². The number of nitrogens with one attached hydrogen (secondary N) is 1. The van der Waals surface area contributed by atoms with Crippen LogP contribution in [0, 0.1) is 0 Å². The predicted molar refractivity (Wildman–Crippen MR) is 97.6 cm³/mol. The van der Waals surface area contributed by atoms with Crippen molar-refractivity contribution >= 4 is 17.2 Å². The normalized spacial score (nSPS) is 25.6. The third-order valence-corrected chi connectivity index (χ3v) is 5.78. The Labute approximate surface area is 140 Å². The van der Waals surface area contributed by atoms with Gasteiger partial charge in [-0.15, -0.1) is 0 Å². The number of hydrogen-bond acceptors (Lipinski definition) is 2. The molecule has 0 bridgehead atoms. The molecule has 1 N–H and O–H groups in total. The van der Waals surface area contributed by atoms with E-state index in [0.717, 1.165) is 11.5 Å². The first kappa shape index (κ1) is 15.9. The fourth-order valence-corrected chi connectivity index (χ4v) is 4.44. The number of benzene rings is 1. The Morgan fingerprint density at radius 2 is 1.91 bits per heavy atom. The summed E-state index contributed by atoms with van der Waals surface area (Å²) in [5, 5.41) is 3.51. The number of hydrogen-bond donors (Lipinski definition) is 1. The van der Waals surface area contributed by atoms with Crippen molar-refractivity contribution < 1.29 is 0 Å². The van der Waals surface area contributed by atoms with Gasteiger partial charge in [0.05, 0.1) is 0 Å². The van der Waals surface area contributed by atoms with Gasteiger partial charge in [-0.25, -0.2) is 0 Å². The van der Waals surface area contributed by atoms with Crippen LogP contribution in [0.4, 0.5) is 0 Å². The van der Waals surface area contributed by atoms with Gasteiger partial charge >= 0.3 is 0 Å². The SMILES string of the molecule is CCCC1(CCN2CCCCC2)CNC(=S)c2ccccc21. The maximum atomic E-state index is 5.54. The highest BCUT2D eigenvalue weighted by atomic mass is 32.1. The Balaban J connectivity index is 1.82. The molecule has 1 aromatic rings. The van der Waals surface area contributed by atoms with Crippen molar-refractivity contribution in [1.82, 2.24) is 10.2 Å². The second kappa shape index (κ2) is 7.10. The van der Waals surface area contributed by atoms with Gasteiger partial charge in [-0.2, -0.15) is 0 Å². The number of likely N-dealkylation sites (tertiary alicyclic amines) is 1.